The van der Waals surface area contributed by atoms with E-state index in [0.29, 0.717) is 13.1 Å². The van der Waals surface area contributed by atoms with Gasteiger partial charge >= 0.3 is 12.1 Å². The Balaban J connectivity index is 1.78. The molecule has 0 aromatic heterocycles. The molecule has 1 unspecified atom stereocenters. The molecule has 24 heavy (non-hydrogen) atoms. The Morgan fingerprint density at radius 2 is 1.96 bits per heavy atom. The van der Waals surface area contributed by atoms with Crippen LogP contribution in [-0.4, -0.2) is 47.7 Å². The van der Waals surface area contributed by atoms with E-state index in [1.165, 1.54) is 0 Å². The number of carbonyl (C=O) groups is 2. The van der Waals surface area contributed by atoms with Crippen LogP contribution in [0.2, 0.25) is 0 Å². The van der Waals surface area contributed by atoms with Gasteiger partial charge in [0.2, 0.25) is 0 Å². The first-order valence-electron chi connectivity index (χ1n) is 8.51. The molecule has 0 aliphatic carbocycles. The zero-order chi connectivity index (χ0) is 17.4. The van der Waals surface area contributed by atoms with E-state index in [9.17, 15) is 9.59 Å². The number of rotatable bonds is 7. The minimum atomic E-state index is -0.786. The number of nitrogens with zero attached hydrogens (tertiary/aromatic N) is 1. The molecule has 1 aromatic rings. The van der Waals surface area contributed by atoms with Crippen molar-refractivity contribution in [1.29, 1.82) is 0 Å². The van der Waals surface area contributed by atoms with Crippen LogP contribution in [0.15, 0.2) is 30.3 Å². The highest BCUT2D eigenvalue weighted by Crippen LogP contribution is 2.23. The fourth-order valence-electron chi connectivity index (χ4n) is 3.15. The number of benzene rings is 1. The van der Waals surface area contributed by atoms with E-state index in [1.54, 1.807) is 4.90 Å². The summed E-state index contributed by atoms with van der Waals surface area (Å²) in [6, 6.07) is 9.57. The average Bonchev–Trinajstić information content (AvgIpc) is 2.60. The Kier molecular flexibility index (Phi) is 7.06. The van der Waals surface area contributed by atoms with Gasteiger partial charge in [-0.3, -0.25) is 4.79 Å². The SMILES string of the molecule is CCNC(CC(=O)O)C1CCN(C(=O)OCc2ccccc2)CC1. The van der Waals surface area contributed by atoms with Crippen molar-refractivity contribution in [3.05, 3.63) is 35.9 Å². The van der Waals surface area contributed by atoms with Crippen LogP contribution in [0.25, 0.3) is 0 Å². The third-order valence-electron chi connectivity index (χ3n) is 4.43. The molecule has 1 aliphatic rings. The number of hydrogen-bond acceptors (Lipinski definition) is 4. The first kappa shape index (κ1) is 18.3. The number of likely N-dealkylation sites (tertiary alicyclic amines) is 1. The number of piperidine rings is 1. The molecule has 1 saturated heterocycles. The molecule has 1 amide bonds. The lowest BCUT2D eigenvalue weighted by molar-refractivity contribution is -0.138. The smallest absolute Gasteiger partial charge is 0.410 e. The predicted molar refractivity (Wildman–Crippen MR) is 90.6 cm³/mol. The number of carboxylic acid groups (broad SMARTS) is 1. The molecule has 6 nitrogen and oxygen atoms in total. The van der Waals surface area contributed by atoms with Crippen LogP contribution in [0, 0.1) is 5.92 Å². The third-order valence-corrected chi connectivity index (χ3v) is 4.43. The Bertz CT molecular complexity index is 527. The van der Waals surface area contributed by atoms with E-state index in [-0.39, 0.29) is 31.1 Å². The zero-order valence-corrected chi connectivity index (χ0v) is 14.1. The quantitative estimate of drug-likeness (QED) is 0.801. The maximum absolute atomic E-state index is 12.1. The number of nitrogens with one attached hydrogen (secondary N) is 1. The lowest BCUT2D eigenvalue weighted by atomic mass is 9.87. The fourth-order valence-corrected chi connectivity index (χ4v) is 3.15. The number of amides is 1. The van der Waals surface area contributed by atoms with Crippen molar-refractivity contribution in [1.82, 2.24) is 10.2 Å². The summed E-state index contributed by atoms with van der Waals surface area (Å²) in [6.45, 7) is 4.22. The second-order valence-corrected chi connectivity index (χ2v) is 6.13. The van der Waals surface area contributed by atoms with E-state index >= 15 is 0 Å². The average molecular weight is 334 g/mol. The topological polar surface area (TPSA) is 78.9 Å². The lowest BCUT2D eigenvalue weighted by Gasteiger charge is -2.35. The molecule has 1 aliphatic heterocycles. The first-order chi connectivity index (χ1) is 11.6. The summed E-state index contributed by atoms with van der Waals surface area (Å²) in [5.41, 5.74) is 0.967. The second kappa shape index (κ2) is 9.27. The van der Waals surface area contributed by atoms with Gasteiger partial charge in [0.25, 0.3) is 0 Å². The number of hydrogen-bond donors (Lipinski definition) is 2. The van der Waals surface area contributed by atoms with Crippen LogP contribution in [-0.2, 0) is 16.1 Å². The van der Waals surface area contributed by atoms with Crippen LogP contribution < -0.4 is 5.32 Å². The van der Waals surface area contributed by atoms with Crippen molar-refractivity contribution >= 4 is 12.1 Å². The van der Waals surface area contributed by atoms with Crippen molar-refractivity contribution in [2.75, 3.05) is 19.6 Å². The first-order valence-corrected chi connectivity index (χ1v) is 8.51. The normalized spacial score (nSPS) is 16.6. The summed E-state index contributed by atoms with van der Waals surface area (Å²) < 4.78 is 5.35. The van der Waals surface area contributed by atoms with E-state index in [2.05, 4.69) is 5.32 Å². The summed E-state index contributed by atoms with van der Waals surface area (Å²) in [4.78, 5) is 24.9. The van der Waals surface area contributed by atoms with Crippen LogP contribution in [0.4, 0.5) is 4.79 Å². The molecule has 1 fully saturated rings. The van der Waals surface area contributed by atoms with Gasteiger partial charge in [0.05, 0.1) is 6.42 Å². The van der Waals surface area contributed by atoms with E-state index in [1.807, 2.05) is 37.3 Å². The number of aliphatic carboxylic acids is 1. The fraction of sp³-hybridized carbons (Fsp3) is 0.556. The van der Waals surface area contributed by atoms with Gasteiger partial charge in [-0.05, 0) is 30.9 Å². The second-order valence-electron chi connectivity index (χ2n) is 6.13. The maximum atomic E-state index is 12.1. The monoisotopic (exact) mass is 334 g/mol. The van der Waals surface area contributed by atoms with Crippen molar-refractivity contribution in [3.8, 4) is 0 Å². The Morgan fingerprint density at radius 1 is 1.29 bits per heavy atom. The number of carbonyl (C=O) groups excluding carboxylic acids is 1. The van der Waals surface area contributed by atoms with Gasteiger partial charge in [-0.25, -0.2) is 4.79 Å². The lowest BCUT2D eigenvalue weighted by Crippen LogP contribution is -2.46. The Hall–Kier alpha value is -2.08. The van der Waals surface area contributed by atoms with Gasteiger partial charge in [0.15, 0.2) is 0 Å². The summed E-state index contributed by atoms with van der Waals surface area (Å²) in [5.74, 6) is -0.509. The van der Waals surface area contributed by atoms with E-state index in [0.717, 1.165) is 24.9 Å². The molecular weight excluding hydrogens is 308 g/mol. The molecular formula is C18H26N2O4. The highest BCUT2D eigenvalue weighted by Gasteiger charge is 2.29. The highest BCUT2D eigenvalue weighted by molar-refractivity contribution is 5.68. The van der Waals surface area contributed by atoms with Crippen molar-refractivity contribution in [2.24, 2.45) is 5.92 Å². The Labute approximate surface area is 142 Å². The maximum Gasteiger partial charge on any atom is 0.410 e. The Morgan fingerprint density at radius 3 is 2.54 bits per heavy atom. The van der Waals surface area contributed by atoms with E-state index in [4.69, 9.17) is 9.84 Å². The molecule has 2 rings (SSSR count). The van der Waals surface area contributed by atoms with Gasteiger partial charge in [-0.1, -0.05) is 37.3 Å². The highest BCUT2D eigenvalue weighted by atomic mass is 16.6. The van der Waals surface area contributed by atoms with Crippen LogP contribution in [0.1, 0.15) is 31.7 Å². The molecule has 1 heterocycles. The standard InChI is InChI=1S/C18H26N2O4/c1-2-19-16(12-17(21)22)15-8-10-20(11-9-15)18(23)24-13-14-6-4-3-5-7-14/h3-7,15-16,19H,2,8-13H2,1H3,(H,21,22). The summed E-state index contributed by atoms with van der Waals surface area (Å²) in [5, 5.41) is 12.3. The predicted octanol–water partition coefficient (Wildman–Crippen LogP) is 2.49. The number of ether oxygens (including phenoxy) is 1. The summed E-state index contributed by atoms with van der Waals surface area (Å²) >= 11 is 0. The van der Waals surface area contributed by atoms with Gasteiger partial charge in [0.1, 0.15) is 6.61 Å². The molecule has 132 valence electrons. The van der Waals surface area contributed by atoms with Crippen molar-refractivity contribution in [3.63, 3.8) is 0 Å². The minimum absolute atomic E-state index is 0.0324. The molecule has 0 saturated carbocycles. The van der Waals surface area contributed by atoms with Crippen molar-refractivity contribution in [2.45, 2.75) is 38.8 Å². The molecule has 0 bridgehead atoms. The van der Waals surface area contributed by atoms with Crippen LogP contribution >= 0.6 is 0 Å². The molecule has 1 aromatic carbocycles. The third kappa shape index (κ3) is 5.53. The molecule has 0 radical (unpaired) electrons. The molecule has 6 heteroatoms. The van der Waals surface area contributed by atoms with E-state index < -0.39 is 5.97 Å². The molecule has 0 spiro atoms. The number of carboxylic acids is 1. The van der Waals surface area contributed by atoms with Gasteiger partial charge in [-0.2, -0.15) is 0 Å². The van der Waals surface area contributed by atoms with Gasteiger partial charge in [0, 0.05) is 19.1 Å². The minimum Gasteiger partial charge on any atom is -0.481 e. The molecule has 1 atom stereocenters. The van der Waals surface area contributed by atoms with Gasteiger partial charge < -0.3 is 20.1 Å². The van der Waals surface area contributed by atoms with Crippen LogP contribution in [0.5, 0.6) is 0 Å². The van der Waals surface area contributed by atoms with Crippen molar-refractivity contribution < 1.29 is 19.4 Å². The van der Waals surface area contributed by atoms with Gasteiger partial charge in [-0.15, -0.1) is 0 Å². The summed E-state index contributed by atoms with van der Waals surface area (Å²) in [7, 11) is 0. The largest absolute Gasteiger partial charge is 0.481 e. The summed E-state index contributed by atoms with van der Waals surface area (Å²) in [6.07, 6.45) is 1.42. The van der Waals surface area contributed by atoms with Crippen LogP contribution in [0.3, 0.4) is 0 Å². The molecule has 2 N–H and O–H groups in total. The zero-order valence-electron chi connectivity index (χ0n) is 14.1.